The molecule has 0 saturated carbocycles. The summed E-state index contributed by atoms with van der Waals surface area (Å²) >= 11 is 9.39. The van der Waals surface area contributed by atoms with Crippen LogP contribution < -0.4 is 10.2 Å². The third-order valence-electron chi connectivity index (χ3n) is 3.65. The first-order chi connectivity index (χ1) is 12.3. The highest BCUT2D eigenvalue weighted by molar-refractivity contribution is 9.10. The fourth-order valence-electron chi connectivity index (χ4n) is 2.23. The van der Waals surface area contributed by atoms with E-state index in [0.29, 0.717) is 5.75 Å². The van der Waals surface area contributed by atoms with E-state index < -0.39 is 11.7 Å². The van der Waals surface area contributed by atoms with Gasteiger partial charge in [-0.15, -0.1) is 0 Å². The van der Waals surface area contributed by atoms with E-state index in [1.807, 2.05) is 32.9 Å². The van der Waals surface area contributed by atoms with Crippen molar-refractivity contribution in [2.24, 2.45) is 5.10 Å². The van der Waals surface area contributed by atoms with Crippen molar-refractivity contribution < 1.29 is 13.9 Å². The monoisotopic (exact) mass is 440 g/mol. The van der Waals surface area contributed by atoms with Gasteiger partial charge in [-0.05, 0) is 48.2 Å². The molecular formula is C19H19BrClFN2O2. The highest BCUT2D eigenvalue weighted by atomic mass is 79.9. The Morgan fingerprint density at radius 3 is 2.81 bits per heavy atom. The maximum absolute atomic E-state index is 13.6. The van der Waals surface area contributed by atoms with E-state index in [1.54, 1.807) is 6.07 Å². The smallest absolute Gasteiger partial charge is 0.277 e. The Bertz CT molecular complexity index is 820. The van der Waals surface area contributed by atoms with Crippen molar-refractivity contribution in [2.45, 2.75) is 26.7 Å². The van der Waals surface area contributed by atoms with E-state index in [4.69, 9.17) is 16.3 Å². The quantitative estimate of drug-likeness (QED) is 0.495. The Balaban J connectivity index is 1.99. The summed E-state index contributed by atoms with van der Waals surface area (Å²) in [5.74, 6) is -0.0780. The number of halogens is 3. The summed E-state index contributed by atoms with van der Waals surface area (Å²) < 4.78 is 20.2. The SMILES string of the molecule is Cc1cc(OCC(=O)N/N=C/c2c(F)cccc2Cl)c(C(C)C)cc1Br. The summed E-state index contributed by atoms with van der Waals surface area (Å²) in [6.45, 7) is 5.84. The van der Waals surface area contributed by atoms with Crippen molar-refractivity contribution in [1.82, 2.24) is 5.43 Å². The van der Waals surface area contributed by atoms with Gasteiger partial charge in [-0.1, -0.05) is 47.4 Å². The highest BCUT2D eigenvalue weighted by Gasteiger charge is 2.12. The van der Waals surface area contributed by atoms with Crippen LogP contribution in [0.4, 0.5) is 4.39 Å². The van der Waals surface area contributed by atoms with Gasteiger partial charge in [0.15, 0.2) is 6.61 Å². The van der Waals surface area contributed by atoms with Gasteiger partial charge in [0, 0.05) is 10.0 Å². The molecule has 0 unspecified atom stereocenters. The van der Waals surface area contributed by atoms with Gasteiger partial charge in [0.25, 0.3) is 5.91 Å². The Morgan fingerprint density at radius 1 is 1.42 bits per heavy atom. The van der Waals surface area contributed by atoms with E-state index in [0.717, 1.165) is 15.6 Å². The Morgan fingerprint density at radius 2 is 2.15 bits per heavy atom. The molecule has 7 heteroatoms. The zero-order valence-electron chi connectivity index (χ0n) is 14.6. The van der Waals surface area contributed by atoms with Gasteiger partial charge in [-0.25, -0.2) is 9.82 Å². The molecule has 2 rings (SSSR count). The van der Waals surface area contributed by atoms with Gasteiger partial charge < -0.3 is 4.74 Å². The third-order valence-corrected chi connectivity index (χ3v) is 4.84. The molecule has 2 aromatic rings. The van der Waals surface area contributed by atoms with Gasteiger partial charge in [-0.3, -0.25) is 4.79 Å². The third kappa shape index (κ3) is 5.29. The summed E-state index contributed by atoms with van der Waals surface area (Å²) in [6, 6.07) is 8.18. The molecule has 0 bridgehead atoms. The lowest BCUT2D eigenvalue weighted by Gasteiger charge is -2.15. The Labute approximate surface area is 165 Å². The number of nitrogens with one attached hydrogen (secondary N) is 1. The maximum atomic E-state index is 13.6. The summed E-state index contributed by atoms with van der Waals surface area (Å²) in [5.41, 5.74) is 4.42. The van der Waals surface area contributed by atoms with E-state index >= 15 is 0 Å². The molecule has 0 aliphatic rings. The van der Waals surface area contributed by atoms with Crippen LogP contribution >= 0.6 is 27.5 Å². The zero-order chi connectivity index (χ0) is 19.3. The van der Waals surface area contributed by atoms with E-state index in [-0.39, 0.29) is 23.1 Å². The predicted octanol–water partition coefficient (Wildman–Crippen LogP) is 5.20. The van der Waals surface area contributed by atoms with Crippen molar-refractivity contribution in [3.05, 3.63) is 62.3 Å². The molecule has 1 N–H and O–H groups in total. The minimum Gasteiger partial charge on any atom is -0.483 e. The normalized spacial score (nSPS) is 11.2. The molecule has 4 nitrogen and oxygen atoms in total. The number of rotatable bonds is 6. The van der Waals surface area contributed by atoms with Crippen molar-refractivity contribution in [3.8, 4) is 5.75 Å². The number of carbonyl (C=O) groups excluding carboxylic acids is 1. The minimum absolute atomic E-state index is 0.112. The molecule has 1 amide bonds. The number of carbonyl (C=O) groups is 1. The van der Waals surface area contributed by atoms with Crippen LogP contribution in [-0.2, 0) is 4.79 Å². The number of benzene rings is 2. The molecule has 0 aromatic heterocycles. The summed E-state index contributed by atoms with van der Waals surface area (Å²) in [4.78, 5) is 11.9. The lowest BCUT2D eigenvalue weighted by Crippen LogP contribution is -2.25. The van der Waals surface area contributed by atoms with E-state index in [9.17, 15) is 9.18 Å². The average Bonchev–Trinajstić information content (AvgIpc) is 2.58. The molecule has 0 atom stereocenters. The van der Waals surface area contributed by atoms with Crippen LogP contribution in [0.3, 0.4) is 0 Å². The molecule has 0 saturated heterocycles. The van der Waals surface area contributed by atoms with E-state index in [2.05, 4.69) is 26.5 Å². The molecular weight excluding hydrogens is 423 g/mol. The second-order valence-electron chi connectivity index (χ2n) is 6.01. The standard InChI is InChI=1S/C19H19BrClFN2O2/c1-11(2)13-8-15(20)12(3)7-18(13)26-10-19(25)24-23-9-14-16(21)5-4-6-17(14)22/h4-9,11H,10H2,1-3H3,(H,24,25)/b23-9+. The van der Waals surface area contributed by atoms with Crippen molar-refractivity contribution in [3.63, 3.8) is 0 Å². The highest BCUT2D eigenvalue weighted by Crippen LogP contribution is 2.32. The number of aryl methyl sites for hydroxylation is 1. The fourth-order valence-corrected chi connectivity index (χ4v) is 2.80. The number of hydrogen-bond acceptors (Lipinski definition) is 3. The van der Waals surface area contributed by atoms with Gasteiger partial charge in [0.1, 0.15) is 11.6 Å². The fraction of sp³-hybridized carbons (Fsp3) is 0.263. The summed E-state index contributed by atoms with van der Waals surface area (Å²) in [7, 11) is 0. The van der Waals surface area contributed by atoms with Crippen LogP contribution in [0, 0.1) is 12.7 Å². The van der Waals surface area contributed by atoms with Crippen LogP contribution in [-0.4, -0.2) is 18.7 Å². The molecule has 2 aromatic carbocycles. The largest absolute Gasteiger partial charge is 0.483 e. The molecule has 26 heavy (non-hydrogen) atoms. The van der Waals surface area contributed by atoms with Crippen molar-refractivity contribution >= 4 is 39.7 Å². The number of nitrogens with zero attached hydrogens (tertiary/aromatic N) is 1. The lowest BCUT2D eigenvalue weighted by atomic mass is 10.0. The second kappa shape index (κ2) is 9.14. The van der Waals surface area contributed by atoms with Crippen molar-refractivity contribution in [1.29, 1.82) is 0 Å². The van der Waals surface area contributed by atoms with Crippen molar-refractivity contribution in [2.75, 3.05) is 6.61 Å². The number of amides is 1. The minimum atomic E-state index is -0.515. The molecule has 0 aliphatic carbocycles. The number of hydrogen-bond donors (Lipinski definition) is 1. The second-order valence-corrected chi connectivity index (χ2v) is 7.27. The topological polar surface area (TPSA) is 50.7 Å². The van der Waals surface area contributed by atoms with Gasteiger partial charge in [0.05, 0.1) is 11.2 Å². The van der Waals surface area contributed by atoms with Crippen LogP contribution in [0.25, 0.3) is 0 Å². The van der Waals surface area contributed by atoms with Gasteiger partial charge >= 0.3 is 0 Å². The zero-order valence-corrected chi connectivity index (χ0v) is 17.0. The predicted molar refractivity (Wildman–Crippen MR) is 106 cm³/mol. The molecule has 138 valence electrons. The van der Waals surface area contributed by atoms with Crippen LogP contribution in [0.1, 0.15) is 36.5 Å². The summed E-state index contributed by atoms with van der Waals surface area (Å²) in [6.07, 6.45) is 1.17. The molecule has 0 radical (unpaired) electrons. The Kier molecular flexibility index (Phi) is 7.17. The maximum Gasteiger partial charge on any atom is 0.277 e. The molecule has 0 spiro atoms. The number of hydrazone groups is 1. The first kappa shape index (κ1) is 20.4. The first-order valence-corrected chi connectivity index (χ1v) is 9.15. The van der Waals surface area contributed by atoms with E-state index in [1.165, 1.54) is 18.3 Å². The lowest BCUT2D eigenvalue weighted by molar-refractivity contribution is -0.123. The van der Waals surface area contributed by atoms with Crippen LogP contribution in [0.2, 0.25) is 5.02 Å². The number of ether oxygens (including phenoxy) is 1. The van der Waals surface area contributed by atoms with Crippen LogP contribution in [0.15, 0.2) is 39.9 Å². The molecule has 0 fully saturated rings. The molecule has 0 aliphatic heterocycles. The Hall–Kier alpha value is -1.92. The van der Waals surface area contributed by atoms with Gasteiger partial charge in [-0.2, -0.15) is 5.10 Å². The van der Waals surface area contributed by atoms with Crippen LogP contribution in [0.5, 0.6) is 5.75 Å². The first-order valence-electron chi connectivity index (χ1n) is 7.98. The molecule has 0 heterocycles. The average molecular weight is 442 g/mol. The summed E-state index contributed by atoms with van der Waals surface area (Å²) in [5, 5.41) is 3.94. The van der Waals surface area contributed by atoms with Gasteiger partial charge in [0.2, 0.25) is 0 Å².